The van der Waals surface area contributed by atoms with Crippen molar-refractivity contribution in [3.63, 3.8) is 0 Å². The van der Waals surface area contributed by atoms with E-state index < -0.39 is 0 Å². The molecule has 1 heterocycles. The topological polar surface area (TPSA) is 30.3 Å². The lowest BCUT2D eigenvalue weighted by Gasteiger charge is -2.37. The van der Waals surface area contributed by atoms with Gasteiger partial charge < -0.3 is 4.90 Å². The highest BCUT2D eigenvalue weighted by Crippen LogP contribution is 2.15. The molecule has 1 aliphatic heterocycles. The quantitative estimate of drug-likeness (QED) is 0.658. The van der Waals surface area contributed by atoms with Crippen molar-refractivity contribution in [3.05, 3.63) is 0 Å². The van der Waals surface area contributed by atoms with Crippen LogP contribution in [0.3, 0.4) is 0 Å². The number of piperidine rings is 1. The molecule has 0 radical (unpaired) electrons. The molecule has 0 aromatic rings. The number of rotatable bonds is 4. The van der Waals surface area contributed by atoms with Crippen LogP contribution in [0, 0.1) is 17.2 Å². The smallest absolute Gasteiger partial charge is 0.0866 e. The Labute approximate surface area is 93.7 Å². The lowest BCUT2D eigenvalue weighted by Crippen LogP contribution is -2.47. The number of likely N-dealkylation sites (N-methyl/N-ethyl adjacent to an activating group) is 1. The van der Waals surface area contributed by atoms with Gasteiger partial charge in [-0.2, -0.15) is 5.26 Å². The molecule has 86 valence electrons. The molecular weight excluding hydrogens is 186 g/mol. The molecule has 1 rings (SSSR count). The normalized spacial score (nSPS) is 23.3. The molecule has 1 unspecified atom stereocenters. The lowest BCUT2D eigenvalue weighted by atomic mass is 10.0. The molecule has 0 aromatic heterocycles. The number of nitrogens with zero attached hydrogens (tertiary/aromatic N) is 3. The summed E-state index contributed by atoms with van der Waals surface area (Å²) in [4.78, 5) is 4.72. The Balaban J connectivity index is 2.38. The Morgan fingerprint density at radius 3 is 2.87 bits per heavy atom. The van der Waals surface area contributed by atoms with E-state index in [1.807, 2.05) is 0 Å². The van der Waals surface area contributed by atoms with Crippen molar-refractivity contribution in [1.29, 1.82) is 5.26 Å². The van der Waals surface area contributed by atoms with E-state index in [-0.39, 0.29) is 0 Å². The molecule has 0 N–H and O–H groups in total. The van der Waals surface area contributed by atoms with Gasteiger partial charge in [0, 0.05) is 19.1 Å². The van der Waals surface area contributed by atoms with Gasteiger partial charge in [-0.05, 0) is 32.4 Å². The summed E-state index contributed by atoms with van der Waals surface area (Å²) in [6.45, 7) is 8.65. The molecular formula is C12H23N3. The van der Waals surface area contributed by atoms with Gasteiger partial charge in [0.15, 0.2) is 0 Å². The zero-order valence-corrected chi connectivity index (χ0v) is 10.2. The van der Waals surface area contributed by atoms with Crippen molar-refractivity contribution in [1.82, 2.24) is 9.80 Å². The van der Waals surface area contributed by atoms with Gasteiger partial charge in [0.1, 0.15) is 0 Å². The molecule has 0 aliphatic carbocycles. The van der Waals surface area contributed by atoms with Crippen molar-refractivity contribution in [2.75, 3.05) is 33.2 Å². The first-order valence-electron chi connectivity index (χ1n) is 5.93. The Morgan fingerprint density at radius 1 is 1.53 bits per heavy atom. The predicted octanol–water partition coefficient (Wildman–Crippen LogP) is 1.56. The zero-order valence-electron chi connectivity index (χ0n) is 10.2. The van der Waals surface area contributed by atoms with Crippen molar-refractivity contribution in [3.8, 4) is 6.07 Å². The van der Waals surface area contributed by atoms with E-state index in [4.69, 9.17) is 5.26 Å². The standard InChI is InChI=1S/C12H23N3/c1-11(2)9-15-7-4-5-12(10-15)14(3)8-6-13/h11-12H,4-5,7-10H2,1-3H3. The first-order chi connectivity index (χ1) is 7.13. The maximum Gasteiger partial charge on any atom is 0.0866 e. The molecule has 1 aliphatic rings. The van der Waals surface area contributed by atoms with Crippen LogP contribution in [0.15, 0.2) is 0 Å². The fourth-order valence-corrected chi connectivity index (χ4v) is 2.31. The van der Waals surface area contributed by atoms with Gasteiger partial charge in [-0.3, -0.25) is 4.90 Å². The molecule has 3 heteroatoms. The van der Waals surface area contributed by atoms with Crippen molar-refractivity contribution in [2.45, 2.75) is 32.7 Å². The summed E-state index contributed by atoms with van der Waals surface area (Å²) in [6.07, 6.45) is 2.51. The third-order valence-electron chi connectivity index (χ3n) is 3.05. The van der Waals surface area contributed by atoms with E-state index in [1.54, 1.807) is 0 Å². The first-order valence-corrected chi connectivity index (χ1v) is 5.93. The molecule has 0 saturated carbocycles. The minimum atomic E-state index is 0.556. The van der Waals surface area contributed by atoms with E-state index in [0.717, 1.165) is 12.5 Å². The fraction of sp³-hybridized carbons (Fsp3) is 0.917. The van der Waals surface area contributed by atoms with Crippen LogP contribution in [-0.2, 0) is 0 Å². The Hall–Kier alpha value is -0.590. The van der Waals surface area contributed by atoms with Crippen LogP contribution < -0.4 is 0 Å². The van der Waals surface area contributed by atoms with Crippen LogP contribution in [0.25, 0.3) is 0 Å². The molecule has 3 nitrogen and oxygen atoms in total. The number of hydrogen-bond donors (Lipinski definition) is 0. The highest BCUT2D eigenvalue weighted by atomic mass is 15.2. The van der Waals surface area contributed by atoms with E-state index in [2.05, 4.69) is 36.8 Å². The molecule has 0 bridgehead atoms. The summed E-state index contributed by atoms with van der Waals surface area (Å²) < 4.78 is 0. The average Bonchev–Trinajstić information content (AvgIpc) is 2.17. The summed E-state index contributed by atoms with van der Waals surface area (Å²) in [5, 5.41) is 8.67. The molecule has 1 saturated heterocycles. The number of nitriles is 1. The number of hydrogen-bond acceptors (Lipinski definition) is 3. The Kier molecular flexibility index (Phi) is 5.07. The summed E-state index contributed by atoms with van der Waals surface area (Å²) in [5.74, 6) is 0.741. The van der Waals surface area contributed by atoms with Crippen molar-refractivity contribution >= 4 is 0 Å². The first kappa shape index (κ1) is 12.5. The van der Waals surface area contributed by atoms with Gasteiger partial charge >= 0.3 is 0 Å². The molecule has 0 aromatic carbocycles. The molecule has 15 heavy (non-hydrogen) atoms. The summed E-state index contributed by atoms with van der Waals surface area (Å²) in [7, 11) is 2.06. The van der Waals surface area contributed by atoms with Gasteiger partial charge in [0.05, 0.1) is 12.6 Å². The van der Waals surface area contributed by atoms with Gasteiger partial charge in [-0.25, -0.2) is 0 Å². The SMILES string of the molecule is CC(C)CN1CCCC(N(C)CC#N)C1. The molecule has 1 fully saturated rings. The Bertz CT molecular complexity index is 219. The van der Waals surface area contributed by atoms with Crippen LogP contribution >= 0.6 is 0 Å². The maximum atomic E-state index is 8.67. The third kappa shape index (κ3) is 4.19. The predicted molar refractivity (Wildman–Crippen MR) is 62.5 cm³/mol. The van der Waals surface area contributed by atoms with Gasteiger partial charge in [-0.1, -0.05) is 13.8 Å². The van der Waals surface area contributed by atoms with Crippen LogP contribution in [-0.4, -0.2) is 49.1 Å². The summed E-state index contributed by atoms with van der Waals surface area (Å²) in [6, 6.07) is 2.81. The van der Waals surface area contributed by atoms with Crippen LogP contribution in [0.4, 0.5) is 0 Å². The van der Waals surface area contributed by atoms with Gasteiger partial charge in [0.25, 0.3) is 0 Å². The maximum absolute atomic E-state index is 8.67. The van der Waals surface area contributed by atoms with Crippen LogP contribution in [0.2, 0.25) is 0 Å². The second-order valence-electron chi connectivity index (χ2n) is 5.02. The summed E-state index contributed by atoms with van der Waals surface area (Å²) in [5.41, 5.74) is 0. The van der Waals surface area contributed by atoms with Crippen LogP contribution in [0.1, 0.15) is 26.7 Å². The van der Waals surface area contributed by atoms with Crippen molar-refractivity contribution in [2.24, 2.45) is 5.92 Å². The van der Waals surface area contributed by atoms with E-state index in [0.29, 0.717) is 12.6 Å². The highest BCUT2D eigenvalue weighted by molar-refractivity contribution is 4.84. The van der Waals surface area contributed by atoms with E-state index >= 15 is 0 Å². The fourth-order valence-electron chi connectivity index (χ4n) is 2.31. The molecule has 0 spiro atoms. The van der Waals surface area contributed by atoms with Crippen LogP contribution in [0.5, 0.6) is 0 Å². The Morgan fingerprint density at radius 2 is 2.27 bits per heavy atom. The monoisotopic (exact) mass is 209 g/mol. The molecule has 1 atom stereocenters. The van der Waals surface area contributed by atoms with E-state index in [9.17, 15) is 0 Å². The summed E-state index contributed by atoms with van der Waals surface area (Å²) >= 11 is 0. The highest BCUT2D eigenvalue weighted by Gasteiger charge is 2.22. The number of likely N-dealkylation sites (tertiary alicyclic amines) is 1. The third-order valence-corrected chi connectivity index (χ3v) is 3.05. The van der Waals surface area contributed by atoms with Gasteiger partial charge in [-0.15, -0.1) is 0 Å². The minimum absolute atomic E-state index is 0.556. The average molecular weight is 209 g/mol. The second kappa shape index (κ2) is 6.09. The lowest BCUT2D eigenvalue weighted by molar-refractivity contribution is 0.116. The van der Waals surface area contributed by atoms with E-state index in [1.165, 1.54) is 25.9 Å². The zero-order chi connectivity index (χ0) is 11.3. The minimum Gasteiger partial charge on any atom is -0.302 e. The van der Waals surface area contributed by atoms with Gasteiger partial charge in [0.2, 0.25) is 0 Å². The second-order valence-corrected chi connectivity index (χ2v) is 5.02. The molecule has 0 amide bonds. The van der Waals surface area contributed by atoms with Crippen molar-refractivity contribution < 1.29 is 0 Å². The largest absolute Gasteiger partial charge is 0.302 e.